The van der Waals surface area contributed by atoms with E-state index in [1.165, 1.54) is 57.4 Å². The third-order valence-corrected chi connectivity index (χ3v) is 6.05. The van der Waals surface area contributed by atoms with Gasteiger partial charge in [0.1, 0.15) is 0 Å². The molecule has 1 unspecified atom stereocenters. The lowest BCUT2D eigenvalue weighted by atomic mass is 10.0. The van der Waals surface area contributed by atoms with Crippen LogP contribution in [0.1, 0.15) is 51.1 Å². The number of aliphatic imine (C=N–C) groups is 1. The van der Waals surface area contributed by atoms with Gasteiger partial charge in [0.25, 0.3) is 0 Å². The molecule has 2 aliphatic heterocycles. The van der Waals surface area contributed by atoms with Crippen molar-refractivity contribution in [3.05, 3.63) is 35.9 Å². The molecule has 5 heteroatoms. The zero-order chi connectivity index (χ0) is 19.1. The summed E-state index contributed by atoms with van der Waals surface area (Å²) in [5, 5.41) is 7.27. The maximum absolute atomic E-state index is 4.49. The van der Waals surface area contributed by atoms with Gasteiger partial charge in [0.05, 0.1) is 6.04 Å². The van der Waals surface area contributed by atoms with E-state index >= 15 is 0 Å². The topological polar surface area (TPSA) is 42.9 Å². The Morgan fingerprint density at radius 3 is 2.30 bits per heavy atom. The van der Waals surface area contributed by atoms with Gasteiger partial charge in [-0.15, -0.1) is 0 Å². The normalized spacial score (nSPS) is 21.6. The molecule has 5 nitrogen and oxygen atoms in total. The standard InChI is InChI=1S/C22H37N5/c1-18(2)26-15-11-20(12-16-26)25-22(23-3)24-17-21(27-13-7-8-14-27)19-9-5-4-6-10-19/h4-6,9-10,18,20-21H,7-8,11-17H2,1-3H3,(H2,23,24,25). The van der Waals surface area contributed by atoms with Crippen LogP contribution in [0, 0.1) is 0 Å². The number of rotatable bonds is 6. The van der Waals surface area contributed by atoms with Crippen LogP contribution in [0.2, 0.25) is 0 Å². The van der Waals surface area contributed by atoms with Crippen LogP contribution in [-0.2, 0) is 0 Å². The van der Waals surface area contributed by atoms with Crippen LogP contribution in [0.5, 0.6) is 0 Å². The Kier molecular flexibility index (Phi) is 7.53. The van der Waals surface area contributed by atoms with Crippen molar-refractivity contribution < 1.29 is 0 Å². The summed E-state index contributed by atoms with van der Waals surface area (Å²) in [6.45, 7) is 10.2. The molecule has 0 aromatic heterocycles. The van der Waals surface area contributed by atoms with E-state index in [1.54, 1.807) is 0 Å². The summed E-state index contributed by atoms with van der Waals surface area (Å²) >= 11 is 0. The number of likely N-dealkylation sites (tertiary alicyclic amines) is 2. The Balaban J connectivity index is 1.54. The van der Waals surface area contributed by atoms with Crippen LogP contribution in [0.4, 0.5) is 0 Å². The fraction of sp³-hybridized carbons (Fsp3) is 0.682. The fourth-order valence-electron chi connectivity index (χ4n) is 4.33. The third-order valence-electron chi connectivity index (χ3n) is 6.05. The predicted octanol–water partition coefficient (Wildman–Crippen LogP) is 2.86. The lowest BCUT2D eigenvalue weighted by Crippen LogP contribution is -2.50. The third kappa shape index (κ3) is 5.69. The van der Waals surface area contributed by atoms with E-state index in [4.69, 9.17) is 0 Å². The number of benzene rings is 1. The second kappa shape index (κ2) is 10.1. The molecule has 2 N–H and O–H groups in total. The van der Waals surface area contributed by atoms with Gasteiger partial charge in [-0.3, -0.25) is 9.89 Å². The highest BCUT2D eigenvalue weighted by molar-refractivity contribution is 5.80. The molecule has 0 saturated carbocycles. The summed E-state index contributed by atoms with van der Waals surface area (Å²) < 4.78 is 0. The number of guanidine groups is 1. The van der Waals surface area contributed by atoms with Crippen LogP contribution in [-0.4, -0.2) is 67.6 Å². The molecule has 1 atom stereocenters. The molecule has 1 aromatic carbocycles. The largest absolute Gasteiger partial charge is 0.354 e. The van der Waals surface area contributed by atoms with Gasteiger partial charge >= 0.3 is 0 Å². The Hall–Kier alpha value is -1.59. The van der Waals surface area contributed by atoms with Gasteiger partial charge in [0, 0.05) is 38.8 Å². The molecule has 2 saturated heterocycles. The van der Waals surface area contributed by atoms with Crippen LogP contribution in [0.3, 0.4) is 0 Å². The van der Waals surface area contributed by atoms with Crippen molar-refractivity contribution in [2.75, 3.05) is 39.8 Å². The van der Waals surface area contributed by atoms with E-state index in [1.807, 2.05) is 7.05 Å². The first kappa shape index (κ1) is 20.2. The molecule has 1 aromatic rings. The van der Waals surface area contributed by atoms with Gasteiger partial charge in [0.15, 0.2) is 5.96 Å². The molecular formula is C22H37N5. The van der Waals surface area contributed by atoms with Crippen LogP contribution in [0.15, 0.2) is 35.3 Å². The van der Waals surface area contributed by atoms with Crippen LogP contribution >= 0.6 is 0 Å². The van der Waals surface area contributed by atoms with Crippen molar-refractivity contribution in [2.45, 2.75) is 57.7 Å². The monoisotopic (exact) mass is 371 g/mol. The molecule has 0 bridgehead atoms. The van der Waals surface area contributed by atoms with Crippen molar-refractivity contribution in [3.8, 4) is 0 Å². The molecule has 0 radical (unpaired) electrons. The molecular weight excluding hydrogens is 334 g/mol. The van der Waals surface area contributed by atoms with E-state index in [9.17, 15) is 0 Å². The highest BCUT2D eigenvalue weighted by atomic mass is 15.2. The number of nitrogens with one attached hydrogen (secondary N) is 2. The molecule has 2 aliphatic rings. The van der Waals surface area contributed by atoms with E-state index in [0.29, 0.717) is 18.1 Å². The van der Waals surface area contributed by atoms with Crippen molar-refractivity contribution in [2.24, 2.45) is 4.99 Å². The second-order valence-electron chi connectivity index (χ2n) is 8.17. The Labute approximate surface area is 165 Å². The Morgan fingerprint density at radius 1 is 1.04 bits per heavy atom. The number of nitrogens with zero attached hydrogens (tertiary/aromatic N) is 3. The van der Waals surface area contributed by atoms with Gasteiger partial charge in [-0.1, -0.05) is 30.3 Å². The van der Waals surface area contributed by atoms with Crippen molar-refractivity contribution in [1.29, 1.82) is 0 Å². The first-order valence-corrected chi connectivity index (χ1v) is 10.7. The SMILES string of the molecule is CN=C(NCC(c1ccccc1)N1CCCC1)NC1CCN(C(C)C)CC1. The van der Waals surface area contributed by atoms with E-state index in [0.717, 1.165) is 12.5 Å². The van der Waals surface area contributed by atoms with E-state index in [-0.39, 0.29) is 0 Å². The summed E-state index contributed by atoms with van der Waals surface area (Å²) in [5.74, 6) is 0.943. The summed E-state index contributed by atoms with van der Waals surface area (Å²) in [7, 11) is 1.88. The molecule has 0 aliphatic carbocycles. The Morgan fingerprint density at radius 2 is 1.70 bits per heavy atom. The second-order valence-corrected chi connectivity index (χ2v) is 8.17. The lowest BCUT2D eigenvalue weighted by Gasteiger charge is -2.35. The smallest absolute Gasteiger partial charge is 0.191 e. The maximum atomic E-state index is 4.49. The van der Waals surface area contributed by atoms with E-state index < -0.39 is 0 Å². The molecule has 0 spiro atoms. The zero-order valence-electron chi connectivity index (χ0n) is 17.3. The van der Waals surface area contributed by atoms with Gasteiger partial charge < -0.3 is 15.5 Å². The minimum atomic E-state index is 0.412. The fourth-order valence-corrected chi connectivity index (χ4v) is 4.33. The minimum Gasteiger partial charge on any atom is -0.354 e. The van der Waals surface area contributed by atoms with Gasteiger partial charge in [-0.25, -0.2) is 0 Å². The predicted molar refractivity (Wildman–Crippen MR) is 114 cm³/mol. The minimum absolute atomic E-state index is 0.412. The van der Waals surface area contributed by atoms with Gasteiger partial charge in [0.2, 0.25) is 0 Å². The summed E-state index contributed by atoms with van der Waals surface area (Å²) in [5.41, 5.74) is 1.40. The summed E-state index contributed by atoms with van der Waals surface area (Å²) in [6, 6.07) is 12.5. The molecule has 2 fully saturated rings. The van der Waals surface area contributed by atoms with Gasteiger partial charge in [-0.2, -0.15) is 0 Å². The summed E-state index contributed by atoms with van der Waals surface area (Å²) in [4.78, 5) is 9.66. The number of piperidine rings is 1. The average molecular weight is 372 g/mol. The lowest BCUT2D eigenvalue weighted by molar-refractivity contribution is 0.167. The molecule has 2 heterocycles. The average Bonchev–Trinajstić information content (AvgIpc) is 3.23. The molecule has 27 heavy (non-hydrogen) atoms. The highest BCUT2D eigenvalue weighted by Crippen LogP contribution is 2.24. The summed E-state index contributed by atoms with van der Waals surface area (Å²) in [6.07, 6.45) is 5.00. The van der Waals surface area contributed by atoms with E-state index in [2.05, 4.69) is 69.6 Å². The number of hydrogen-bond donors (Lipinski definition) is 2. The van der Waals surface area contributed by atoms with Crippen molar-refractivity contribution >= 4 is 5.96 Å². The van der Waals surface area contributed by atoms with Crippen LogP contribution < -0.4 is 10.6 Å². The molecule has 3 rings (SSSR count). The first-order chi connectivity index (χ1) is 13.2. The zero-order valence-corrected chi connectivity index (χ0v) is 17.3. The van der Waals surface area contributed by atoms with Crippen LogP contribution in [0.25, 0.3) is 0 Å². The maximum Gasteiger partial charge on any atom is 0.191 e. The number of hydrogen-bond acceptors (Lipinski definition) is 3. The first-order valence-electron chi connectivity index (χ1n) is 10.7. The van der Waals surface area contributed by atoms with Crippen molar-refractivity contribution in [3.63, 3.8) is 0 Å². The van der Waals surface area contributed by atoms with Gasteiger partial charge in [-0.05, 0) is 58.2 Å². The molecule has 150 valence electrons. The van der Waals surface area contributed by atoms with Crippen molar-refractivity contribution in [1.82, 2.24) is 20.4 Å². The highest BCUT2D eigenvalue weighted by Gasteiger charge is 2.25. The quantitative estimate of drug-likeness (QED) is 0.596. The Bertz CT molecular complexity index is 572. The molecule has 0 amide bonds.